The number of nitrogens with zero attached hydrogens (tertiary/aromatic N) is 1. The molecule has 36 heavy (non-hydrogen) atoms. The van der Waals surface area contributed by atoms with Crippen molar-refractivity contribution in [2.45, 2.75) is 96.6 Å². The molecular weight excluding hydrogens is 460 g/mol. The molecular formula is C28H44N2O6. The zero-order valence-corrected chi connectivity index (χ0v) is 22.3. The average molecular weight is 505 g/mol. The topological polar surface area (TPSA) is 94.2 Å². The van der Waals surface area contributed by atoms with Crippen LogP contribution < -0.4 is 14.8 Å². The minimum absolute atomic E-state index is 0.162. The van der Waals surface area contributed by atoms with Gasteiger partial charge in [0.25, 0.3) is 5.91 Å². The van der Waals surface area contributed by atoms with E-state index in [4.69, 9.17) is 14.2 Å². The number of rotatable bonds is 17. The second-order valence-electron chi connectivity index (χ2n) is 9.38. The van der Waals surface area contributed by atoms with E-state index in [9.17, 15) is 14.4 Å². The fourth-order valence-corrected chi connectivity index (χ4v) is 4.32. The third kappa shape index (κ3) is 10.5. The van der Waals surface area contributed by atoms with E-state index in [0.29, 0.717) is 31.2 Å². The number of hydrogen-bond donors (Lipinski definition) is 1. The van der Waals surface area contributed by atoms with E-state index >= 15 is 0 Å². The van der Waals surface area contributed by atoms with Crippen LogP contribution in [-0.4, -0.2) is 61.6 Å². The maximum atomic E-state index is 13.1. The van der Waals surface area contributed by atoms with Gasteiger partial charge in [-0.3, -0.25) is 14.4 Å². The Balaban J connectivity index is 1.71. The minimum atomic E-state index is -0.895. The van der Waals surface area contributed by atoms with E-state index in [1.54, 1.807) is 38.3 Å². The van der Waals surface area contributed by atoms with E-state index in [1.807, 2.05) is 0 Å². The Kier molecular flexibility index (Phi) is 13.8. The van der Waals surface area contributed by atoms with Crippen molar-refractivity contribution in [2.24, 2.45) is 0 Å². The zero-order chi connectivity index (χ0) is 26.2. The van der Waals surface area contributed by atoms with Crippen LogP contribution in [0, 0.1) is 0 Å². The third-order valence-electron chi connectivity index (χ3n) is 6.45. The van der Waals surface area contributed by atoms with Gasteiger partial charge in [-0.25, -0.2) is 0 Å². The van der Waals surface area contributed by atoms with Crippen molar-refractivity contribution >= 4 is 17.8 Å². The Morgan fingerprint density at radius 3 is 2.17 bits per heavy atom. The van der Waals surface area contributed by atoms with E-state index in [1.165, 1.54) is 49.8 Å². The second kappa shape index (κ2) is 16.8. The number of benzene rings is 1. The van der Waals surface area contributed by atoms with Crippen molar-refractivity contribution in [2.75, 3.05) is 26.8 Å². The summed E-state index contributed by atoms with van der Waals surface area (Å²) in [5.41, 5.74) is 0. The molecule has 2 amide bonds. The lowest BCUT2D eigenvalue weighted by molar-refractivity contribution is -0.154. The Hall–Kier alpha value is -2.77. The molecule has 8 heteroatoms. The van der Waals surface area contributed by atoms with E-state index in [0.717, 1.165) is 19.3 Å². The highest BCUT2D eigenvalue weighted by atomic mass is 16.5. The van der Waals surface area contributed by atoms with Crippen LogP contribution in [0.15, 0.2) is 24.3 Å². The average Bonchev–Trinajstić information content (AvgIpc) is 2.88. The lowest BCUT2D eigenvalue weighted by Gasteiger charge is -2.36. The second-order valence-corrected chi connectivity index (χ2v) is 9.38. The summed E-state index contributed by atoms with van der Waals surface area (Å²) in [5.74, 6) is 0.0563. The highest BCUT2D eigenvalue weighted by Crippen LogP contribution is 2.20. The molecule has 1 aromatic carbocycles. The van der Waals surface area contributed by atoms with Gasteiger partial charge in [0.15, 0.2) is 6.10 Å². The van der Waals surface area contributed by atoms with Crippen LogP contribution in [0.4, 0.5) is 0 Å². The van der Waals surface area contributed by atoms with Gasteiger partial charge >= 0.3 is 5.97 Å². The van der Waals surface area contributed by atoms with Gasteiger partial charge in [-0.05, 0) is 37.6 Å². The number of ether oxygens (including phenoxy) is 3. The fraction of sp³-hybridized carbons (Fsp3) is 0.679. The number of carbonyl (C=O) groups excluding carboxylic acids is 3. The molecule has 1 heterocycles. The number of hydrogen-bond acceptors (Lipinski definition) is 6. The van der Waals surface area contributed by atoms with Crippen molar-refractivity contribution in [1.82, 2.24) is 10.2 Å². The Morgan fingerprint density at radius 1 is 0.972 bits per heavy atom. The molecule has 0 aliphatic carbocycles. The molecule has 1 aliphatic heterocycles. The van der Waals surface area contributed by atoms with Crippen LogP contribution >= 0.6 is 0 Å². The smallest absolute Gasteiger partial charge is 0.308 e. The molecule has 202 valence electrons. The molecule has 1 fully saturated rings. The zero-order valence-electron chi connectivity index (χ0n) is 22.3. The van der Waals surface area contributed by atoms with Gasteiger partial charge in [-0.1, -0.05) is 64.7 Å². The number of piperazine rings is 1. The first-order valence-electron chi connectivity index (χ1n) is 13.5. The van der Waals surface area contributed by atoms with Gasteiger partial charge in [-0.2, -0.15) is 0 Å². The normalized spacial score (nSPS) is 16.2. The molecule has 2 atom stereocenters. The molecule has 0 saturated carbocycles. The van der Waals surface area contributed by atoms with E-state index in [-0.39, 0.29) is 18.2 Å². The lowest BCUT2D eigenvalue weighted by atomic mass is 10.1. The molecule has 0 radical (unpaired) electrons. The molecule has 1 aliphatic rings. The third-order valence-corrected chi connectivity index (χ3v) is 6.45. The van der Waals surface area contributed by atoms with Gasteiger partial charge in [0.1, 0.15) is 17.5 Å². The van der Waals surface area contributed by atoms with Crippen LogP contribution in [0.1, 0.15) is 84.5 Å². The maximum absolute atomic E-state index is 13.1. The first-order valence-corrected chi connectivity index (χ1v) is 13.5. The summed E-state index contributed by atoms with van der Waals surface area (Å²) in [5, 5.41) is 2.74. The van der Waals surface area contributed by atoms with Crippen LogP contribution in [0.25, 0.3) is 0 Å². The monoisotopic (exact) mass is 504 g/mol. The van der Waals surface area contributed by atoms with Crippen LogP contribution in [-0.2, 0) is 19.1 Å². The summed E-state index contributed by atoms with van der Waals surface area (Å²) < 4.78 is 16.3. The van der Waals surface area contributed by atoms with Crippen molar-refractivity contribution in [3.63, 3.8) is 0 Å². The van der Waals surface area contributed by atoms with Gasteiger partial charge in [-0.15, -0.1) is 0 Å². The first kappa shape index (κ1) is 29.5. The number of esters is 1. The van der Waals surface area contributed by atoms with Gasteiger partial charge < -0.3 is 24.4 Å². The fourth-order valence-electron chi connectivity index (χ4n) is 4.32. The maximum Gasteiger partial charge on any atom is 0.308 e. The van der Waals surface area contributed by atoms with Gasteiger partial charge in [0, 0.05) is 13.1 Å². The minimum Gasteiger partial charge on any atom is -0.497 e. The summed E-state index contributed by atoms with van der Waals surface area (Å²) in [7, 11) is 1.58. The molecule has 1 aromatic rings. The number of carbonyl (C=O) groups is 3. The number of nitrogens with one attached hydrogen (secondary N) is 1. The molecule has 0 aromatic heterocycles. The Labute approximate surface area is 216 Å². The summed E-state index contributed by atoms with van der Waals surface area (Å²) in [4.78, 5) is 39.4. The van der Waals surface area contributed by atoms with Crippen LogP contribution in [0.3, 0.4) is 0 Å². The molecule has 0 bridgehead atoms. The lowest BCUT2D eigenvalue weighted by Crippen LogP contribution is -2.60. The van der Waals surface area contributed by atoms with E-state index in [2.05, 4.69) is 12.2 Å². The van der Waals surface area contributed by atoms with Gasteiger partial charge in [0.2, 0.25) is 5.91 Å². The molecule has 2 rings (SSSR count). The first-order chi connectivity index (χ1) is 17.5. The van der Waals surface area contributed by atoms with Crippen molar-refractivity contribution in [1.29, 1.82) is 0 Å². The summed E-state index contributed by atoms with van der Waals surface area (Å²) >= 11 is 0. The summed E-state index contributed by atoms with van der Waals surface area (Å²) in [6, 6.07) is 6.03. The predicted molar refractivity (Wildman–Crippen MR) is 139 cm³/mol. The highest BCUT2D eigenvalue weighted by molar-refractivity contribution is 5.93. The summed E-state index contributed by atoms with van der Waals surface area (Å²) in [6.07, 6.45) is 11.1. The molecule has 2 unspecified atom stereocenters. The highest BCUT2D eigenvalue weighted by Gasteiger charge is 2.37. The van der Waals surface area contributed by atoms with Crippen molar-refractivity contribution < 1.29 is 28.6 Å². The number of amides is 2. The molecule has 8 nitrogen and oxygen atoms in total. The SMILES string of the molecule is CCCCCCCCCCCCOC(=O)CC1C(=O)NCCN1C(=O)C(C)Oc1ccc(OC)cc1. The van der Waals surface area contributed by atoms with Crippen LogP contribution in [0.5, 0.6) is 11.5 Å². The largest absolute Gasteiger partial charge is 0.497 e. The Bertz CT molecular complexity index is 798. The van der Waals surface area contributed by atoms with Gasteiger partial charge in [0.05, 0.1) is 20.1 Å². The summed E-state index contributed by atoms with van der Waals surface area (Å²) in [6.45, 7) is 4.86. The standard InChI is InChI=1S/C28H44N2O6/c1-4-5-6-7-8-9-10-11-12-13-20-35-26(31)21-25-27(32)29-18-19-30(25)28(33)22(2)36-24-16-14-23(34-3)15-17-24/h14-17,22,25H,4-13,18-21H2,1-3H3,(H,29,32). The quantitative estimate of drug-likeness (QED) is 0.245. The molecule has 0 spiro atoms. The van der Waals surface area contributed by atoms with Crippen LogP contribution in [0.2, 0.25) is 0 Å². The van der Waals surface area contributed by atoms with Crippen molar-refractivity contribution in [3.05, 3.63) is 24.3 Å². The molecule has 1 saturated heterocycles. The molecule has 1 N–H and O–H groups in total. The van der Waals surface area contributed by atoms with Crippen molar-refractivity contribution in [3.8, 4) is 11.5 Å². The Morgan fingerprint density at radius 2 is 1.56 bits per heavy atom. The number of unbranched alkanes of at least 4 members (excludes halogenated alkanes) is 9. The van der Waals surface area contributed by atoms with E-state index < -0.39 is 18.1 Å². The predicted octanol–water partition coefficient (Wildman–Crippen LogP) is 4.64. The number of methoxy groups -OCH3 is 1.